The zero-order valence-corrected chi connectivity index (χ0v) is 8.15. The van der Waals surface area contributed by atoms with E-state index in [1.54, 1.807) is 0 Å². The second-order valence-corrected chi connectivity index (χ2v) is 2.98. The number of alkyl halides is 3. The fourth-order valence-electron chi connectivity index (χ4n) is 0.882. The van der Waals surface area contributed by atoms with E-state index in [1.807, 2.05) is 0 Å². The Kier molecular flexibility index (Phi) is 3.36. The molecule has 0 aliphatic carbocycles. The Morgan fingerprint density at radius 2 is 2.19 bits per heavy atom. The minimum atomic E-state index is -4.51. The van der Waals surface area contributed by atoms with E-state index in [4.69, 9.17) is 9.84 Å². The highest BCUT2D eigenvalue weighted by Crippen LogP contribution is 2.30. The van der Waals surface area contributed by atoms with E-state index in [0.717, 1.165) is 12.3 Å². The van der Waals surface area contributed by atoms with Crippen molar-refractivity contribution >= 4 is 5.97 Å². The Labute approximate surface area is 88.7 Å². The summed E-state index contributed by atoms with van der Waals surface area (Å²) in [5, 5.41) is 8.50. The number of nitrogens with zero attached hydrogens (tertiary/aromatic N) is 1. The maximum atomic E-state index is 12.3. The van der Waals surface area contributed by atoms with E-state index in [1.165, 1.54) is 6.92 Å². The zero-order chi connectivity index (χ0) is 12.3. The van der Waals surface area contributed by atoms with E-state index >= 15 is 0 Å². The van der Waals surface area contributed by atoms with E-state index in [9.17, 15) is 18.0 Å². The van der Waals surface area contributed by atoms with Gasteiger partial charge in [-0.15, -0.1) is 0 Å². The molecule has 1 rings (SSSR count). The van der Waals surface area contributed by atoms with Crippen molar-refractivity contribution in [3.63, 3.8) is 0 Å². The number of hydrogen-bond donors (Lipinski definition) is 1. The van der Waals surface area contributed by atoms with Gasteiger partial charge in [0, 0.05) is 12.3 Å². The molecule has 0 aliphatic rings. The van der Waals surface area contributed by atoms with Gasteiger partial charge in [-0.1, -0.05) is 0 Å². The number of carboxylic acids is 1. The van der Waals surface area contributed by atoms with Gasteiger partial charge in [-0.3, -0.25) is 0 Å². The summed E-state index contributed by atoms with van der Waals surface area (Å²) in [5.74, 6) is -1.65. The first kappa shape index (κ1) is 12.3. The minimum absolute atomic E-state index is 0.371. The molecule has 0 spiro atoms. The second-order valence-electron chi connectivity index (χ2n) is 2.98. The Morgan fingerprint density at radius 1 is 1.56 bits per heavy atom. The van der Waals surface area contributed by atoms with Gasteiger partial charge in [-0.05, 0) is 13.0 Å². The Hall–Kier alpha value is -1.79. The molecular formula is C9H8F3NO3. The summed E-state index contributed by atoms with van der Waals surface area (Å²) in [6.07, 6.45) is -4.85. The maximum Gasteiger partial charge on any atom is 0.416 e. The summed E-state index contributed by atoms with van der Waals surface area (Å²) in [7, 11) is 0. The zero-order valence-electron chi connectivity index (χ0n) is 8.15. The second kappa shape index (κ2) is 4.38. The molecule has 0 radical (unpaired) electrons. The topological polar surface area (TPSA) is 59.4 Å². The molecule has 0 aromatic carbocycles. The molecule has 1 N–H and O–H groups in total. The average Bonchev–Trinajstić information content (AvgIpc) is 2.16. The number of carboxylic acid groups (broad SMARTS) is 1. The van der Waals surface area contributed by atoms with Crippen molar-refractivity contribution in [2.45, 2.75) is 19.2 Å². The van der Waals surface area contributed by atoms with Gasteiger partial charge in [-0.2, -0.15) is 13.2 Å². The van der Waals surface area contributed by atoms with Crippen LogP contribution in [0.15, 0.2) is 18.3 Å². The first-order valence-electron chi connectivity index (χ1n) is 4.23. The van der Waals surface area contributed by atoms with Crippen LogP contribution in [0.5, 0.6) is 5.88 Å². The molecule has 88 valence electrons. The molecule has 4 nitrogen and oxygen atoms in total. The van der Waals surface area contributed by atoms with Crippen LogP contribution in [0.1, 0.15) is 12.5 Å². The standard InChI is InChI=1S/C9H8F3NO3/c1-5(8(14)15)16-7-4-6(2-3-13-7)9(10,11)12/h2-5H,1H3,(H,14,15). The number of aromatic nitrogens is 1. The predicted molar refractivity (Wildman–Crippen MR) is 47.0 cm³/mol. The van der Waals surface area contributed by atoms with Gasteiger partial charge in [-0.25, -0.2) is 9.78 Å². The number of carbonyl (C=O) groups is 1. The largest absolute Gasteiger partial charge is 0.479 e. The summed E-state index contributed by atoms with van der Waals surface area (Å²) in [5.41, 5.74) is -0.935. The number of pyridine rings is 1. The van der Waals surface area contributed by atoms with E-state index in [0.29, 0.717) is 6.07 Å². The van der Waals surface area contributed by atoms with Crippen LogP contribution >= 0.6 is 0 Å². The van der Waals surface area contributed by atoms with Crippen molar-refractivity contribution in [2.75, 3.05) is 0 Å². The van der Waals surface area contributed by atoms with Gasteiger partial charge in [0.1, 0.15) is 0 Å². The van der Waals surface area contributed by atoms with Crippen molar-refractivity contribution in [1.82, 2.24) is 4.98 Å². The number of ether oxygens (including phenoxy) is 1. The molecule has 0 fully saturated rings. The number of aliphatic carboxylic acids is 1. The van der Waals surface area contributed by atoms with Crippen molar-refractivity contribution < 1.29 is 27.8 Å². The molecule has 1 atom stereocenters. The number of halogens is 3. The summed E-state index contributed by atoms with van der Waals surface area (Å²) in [6.45, 7) is 1.20. The lowest BCUT2D eigenvalue weighted by Crippen LogP contribution is -2.23. The van der Waals surface area contributed by atoms with Gasteiger partial charge in [0.05, 0.1) is 5.56 Å². The van der Waals surface area contributed by atoms with E-state index in [-0.39, 0.29) is 5.88 Å². The Morgan fingerprint density at radius 3 is 2.69 bits per heavy atom. The lowest BCUT2D eigenvalue weighted by Gasteiger charge is -2.11. The Balaban J connectivity index is 2.87. The number of hydrogen-bond acceptors (Lipinski definition) is 3. The molecule has 7 heteroatoms. The van der Waals surface area contributed by atoms with Crippen LogP contribution in [0.3, 0.4) is 0 Å². The van der Waals surface area contributed by atoms with Gasteiger partial charge in [0.15, 0.2) is 6.10 Å². The smallest absolute Gasteiger partial charge is 0.416 e. The molecule has 0 amide bonds. The van der Waals surface area contributed by atoms with Crippen molar-refractivity contribution in [3.8, 4) is 5.88 Å². The van der Waals surface area contributed by atoms with E-state index < -0.39 is 23.8 Å². The third kappa shape index (κ3) is 3.11. The van der Waals surface area contributed by atoms with Crippen LogP contribution in [0.4, 0.5) is 13.2 Å². The molecule has 0 saturated carbocycles. The molecule has 0 aliphatic heterocycles. The fourth-order valence-corrected chi connectivity index (χ4v) is 0.882. The SMILES string of the molecule is CC(Oc1cc(C(F)(F)F)ccn1)C(=O)O. The average molecular weight is 235 g/mol. The van der Waals surface area contributed by atoms with Crippen LogP contribution in [0.25, 0.3) is 0 Å². The van der Waals surface area contributed by atoms with Gasteiger partial charge in [0.2, 0.25) is 5.88 Å². The lowest BCUT2D eigenvalue weighted by molar-refractivity contribution is -0.144. The molecule has 16 heavy (non-hydrogen) atoms. The highest BCUT2D eigenvalue weighted by atomic mass is 19.4. The monoisotopic (exact) mass is 235 g/mol. The van der Waals surface area contributed by atoms with Crippen LogP contribution in [-0.2, 0) is 11.0 Å². The van der Waals surface area contributed by atoms with Crippen molar-refractivity contribution in [1.29, 1.82) is 0 Å². The number of rotatable bonds is 3. The first-order valence-corrected chi connectivity index (χ1v) is 4.23. The summed E-state index contributed by atoms with van der Waals surface area (Å²) in [6, 6.07) is 1.43. The maximum absolute atomic E-state index is 12.3. The predicted octanol–water partition coefficient (Wildman–Crippen LogP) is 1.95. The molecular weight excluding hydrogens is 227 g/mol. The third-order valence-corrected chi connectivity index (χ3v) is 1.71. The quantitative estimate of drug-likeness (QED) is 0.869. The molecule has 1 aromatic rings. The van der Waals surface area contributed by atoms with Gasteiger partial charge >= 0.3 is 12.1 Å². The van der Waals surface area contributed by atoms with Gasteiger partial charge < -0.3 is 9.84 Å². The third-order valence-electron chi connectivity index (χ3n) is 1.71. The first-order chi connectivity index (χ1) is 7.30. The highest BCUT2D eigenvalue weighted by Gasteiger charge is 2.31. The molecule has 1 heterocycles. The van der Waals surface area contributed by atoms with Crippen LogP contribution in [-0.4, -0.2) is 22.2 Å². The molecule has 0 saturated heterocycles. The molecule has 1 unspecified atom stereocenters. The summed E-state index contributed by atoms with van der Waals surface area (Å²) >= 11 is 0. The summed E-state index contributed by atoms with van der Waals surface area (Å²) < 4.78 is 41.5. The van der Waals surface area contributed by atoms with E-state index in [2.05, 4.69) is 4.98 Å². The van der Waals surface area contributed by atoms with Crippen LogP contribution in [0, 0.1) is 0 Å². The molecule has 1 aromatic heterocycles. The minimum Gasteiger partial charge on any atom is -0.479 e. The highest BCUT2D eigenvalue weighted by molar-refractivity contribution is 5.72. The normalized spacial score (nSPS) is 13.2. The van der Waals surface area contributed by atoms with Gasteiger partial charge in [0.25, 0.3) is 0 Å². The van der Waals surface area contributed by atoms with Crippen molar-refractivity contribution in [3.05, 3.63) is 23.9 Å². The lowest BCUT2D eigenvalue weighted by atomic mass is 10.2. The Bertz CT molecular complexity index is 392. The van der Waals surface area contributed by atoms with Crippen LogP contribution in [0.2, 0.25) is 0 Å². The van der Waals surface area contributed by atoms with Crippen LogP contribution < -0.4 is 4.74 Å². The fraction of sp³-hybridized carbons (Fsp3) is 0.333. The molecule has 0 bridgehead atoms. The summed E-state index contributed by atoms with van der Waals surface area (Å²) in [4.78, 5) is 13.9. The van der Waals surface area contributed by atoms with Crippen molar-refractivity contribution in [2.24, 2.45) is 0 Å².